The van der Waals surface area contributed by atoms with Gasteiger partial charge in [0.05, 0.1) is 11.0 Å². The molecule has 3 aromatic rings. The van der Waals surface area contributed by atoms with Crippen molar-refractivity contribution in [2.45, 2.75) is 50.7 Å². The molecule has 1 aliphatic heterocycles. The second-order valence-corrected chi connectivity index (χ2v) is 10.5. The summed E-state index contributed by atoms with van der Waals surface area (Å²) in [5.41, 5.74) is 3.48. The van der Waals surface area contributed by atoms with Gasteiger partial charge in [0.2, 0.25) is 5.91 Å². The first-order valence-corrected chi connectivity index (χ1v) is 12.5. The monoisotopic (exact) mass is 482 g/mol. The lowest BCUT2D eigenvalue weighted by atomic mass is 9.99. The van der Waals surface area contributed by atoms with Crippen molar-refractivity contribution in [1.29, 1.82) is 0 Å². The van der Waals surface area contributed by atoms with E-state index in [-0.39, 0.29) is 5.91 Å². The van der Waals surface area contributed by atoms with Crippen LogP contribution in [-0.4, -0.2) is 42.8 Å². The Morgan fingerprint density at radius 1 is 1.24 bits per heavy atom. The van der Waals surface area contributed by atoms with Crippen LogP contribution in [0.1, 0.15) is 39.4 Å². The highest BCUT2D eigenvalue weighted by atomic mass is 32.2. The summed E-state index contributed by atoms with van der Waals surface area (Å²) >= 11 is 1.63. The molecule has 0 bridgehead atoms. The molecule has 4 rings (SSSR count). The number of hydrogen-bond donors (Lipinski definition) is 1. The first kappa shape index (κ1) is 24.6. The average Bonchev–Trinajstić information content (AvgIpc) is 3.19. The first-order valence-electron chi connectivity index (χ1n) is 11.7. The van der Waals surface area contributed by atoms with Crippen LogP contribution in [-0.2, 0) is 26.4 Å². The van der Waals surface area contributed by atoms with Crippen molar-refractivity contribution in [2.75, 3.05) is 37.0 Å². The highest BCUT2D eigenvalue weighted by Gasteiger charge is 2.29. The summed E-state index contributed by atoms with van der Waals surface area (Å²) in [4.78, 5) is 17.4. The summed E-state index contributed by atoms with van der Waals surface area (Å²) in [6, 6.07) is 14.3. The van der Waals surface area contributed by atoms with Crippen LogP contribution in [0.2, 0.25) is 0 Å². The van der Waals surface area contributed by atoms with Crippen LogP contribution in [0.25, 0.3) is 11.0 Å². The number of benzene rings is 2. The molecule has 0 saturated carbocycles. The summed E-state index contributed by atoms with van der Waals surface area (Å²) in [7, 11) is 3.79. The van der Waals surface area contributed by atoms with Gasteiger partial charge in [-0.25, -0.2) is 4.98 Å². The van der Waals surface area contributed by atoms with Gasteiger partial charge >= 0.3 is 0 Å². The van der Waals surface area contributed by atoms with E-state index in [9.17, 15) is 4.79 Å². The fourth-order valence-corrected chi connectivity index (χ4v) is 5.04. The Morgan fingerprint density at radius 3 is 2.59 bits per heavy atom. The van der Waals surface area contributed by atoms with Gasteiger partial charge in [0.25, 0.3) is 0 Å². The number of nitrogens with zero attached hydrogens (tertiary/aromatic N) is 3. The van der Waals surface area contributed by atoms with E-state index in [4.69, 9.17) is 14.5 Å². The second-order valence-electron chi connectivity index (χ2n) is 9.28. The fraction of sp³-hybridized carbons (Fsp3) is 0.462. The van der Waals surface area contributed by atoms with Gasteiger partial charge in [0.1, 0.15) is 11.4 Å². The zero-order chi connectivity index (χ0) is 24.3. The van der Waals surface area contributed by atoms with Gasteiger partial charge < -0.3 is 23.7 Å². The first-order chi connectivity index (χ1) is 16.3. The number of nitrogens with one attached hydrogen (secondary N) is 1. The van der Waals surface area contributed by atoms with Crippen molar-refractivity contribution in [3.63, 3.8) is 0 Å². The molecule has 1 saturated heterocycles. The van der Waals surface area contributed by atoms with Gasteiger partial charge in [-0.05, 0) is 87.0 Å². The minimum atomic E-state index is -0.485. The van der Waals surface area contributed by atoms with Crippen LogP contribution < -0.4 is 9.62 Å². The summed E-state index contributed by atoms with van der Waals surface area (Å²) in [6.07, 6.45) is 2.15. The molecule has 7 nitrogen and oxygen atoms in total. The summed E-state index contributed by atoms with van der Waals surface area (Å²) in [6.45, 7) is 8.24. The van der Waals surface area contributed by atoms with Crippen molar-refractivity contribution in [3.05, 3.63) is 48.3 Å². The van der Waals surface area contributed by atoms with Gasteiger partial charge in [-0.1, -0.05) is 0 Å². The zero-order valence-corrected chi connectivity index (χ0v) is 21.4. The predicted octanol–water partition coefficient (Wildman–Crippen LogP) is 5.45. The molecule has 0 spiro atoms. The topological polar surface area (TPSA) is 68.6 Å². The lowest BCUT2D eigenvalue weighted by Gasteiger charge is -2.27. The van der Waals surface area contributed by atoms with Gasteiger partial charge in [-0.2, -0.15) is 0 Å². The molecule has 1 N–H and O–H groups in total. The molecule has 8 heteroatoms. The number of carbonyl (C=O) groups is 1. The smallest absolute Gasteiger partial charge is 0.221 e. The number of fused-ring (bicyclic) bond motifs is 1. The van der Waals surface area contributed by atoms with Crippen molar-refractivity contribution >= 4 is 40.3 Å². The average molecular weight is 483 g/mol. The van der Waals surface area contributed by atoms with E-state index in [1.807, 2.05) is 31.3 Å². The van der Waals surface area contributed by atoms with Crippen LogP contribution in [0.3, 0.4) is 0 Å². The van der Waals surface area contributed by atoms with E-state index < -0.39 is 5.60 Å². The SMILES string of the molecule is COC(C)(C)c1nc2cc(N(C)Sc3ccc(NC(C)=O)cc3)ccc2n1CC1CCOCC1. The predicted molar refractivity (Wildman–Crippen MR) is 138 cm³/mol. The van der Waals surface area contributed by atoms with Gasteiger partial charge in [-0.15, -0.1) is 0 Å². The van der Waals surface area contributed by atoms with Crippen molar-refractivity contribution < 1.29 is 14.3 Å². The summed E-state index contributed by atoms with van der Waals surface area (Å²) in [5, 5.41) is 2.80. The molecular weight excluding hydrogens is 448 g/mol. The molecule has 34 heavy (non-hydrogen) atoms. The number of amides is 1. The van der Waals surface area contributed by atoms with Gasteiger partial charge in [-0.3, -0.25) is 4.79 Å². The number of rotatable bonds is 8. The molecule has 1 aliphatic rings. The zero-order valence-electron chi connectivity index (χ0n) is 20.6. The number of anilines is 2. The van der Waals surface area contributed by atoms with E-state index in [1.165, 1.54) is 6.92 Å². The third-order valence-electron chi connectivity index (χ3n) is 6.34. The number of imidazole rings is 1. The highest BCUT2D eigenvalue weighted by Crippen LogP contribution is 2.34. The van der Waals surface area contributed by atoms with Crippen LogP contribution in [0.5, 0.6) is 0 Å². The van der Waals surface area contributed by atoms with Crippen molar-refractivity contribution in [2.24, 2.45) is 5.92 Å². The lowest BCUT2D eigenvalue weighted by molar-refractivity contribution is -0.114. The molecule has 182 valence electrons. The van der Waals surface area contributed by atoms with E-state index in [2.05, 4.69) is 46.2 Å². The minimum Gasteiger partial charge on any atom is -0.381 e. The molecule has 0 atom stereocenters. The quantitative estimate of drug-likeness (QED) is 0.431. The maximum atomic E-state index is 11.2. The molecular formula is C26H34N4O3S. The molecule has 1 fully saturated rings. The summed E-state index contributed by atoms with van der Waals surface area (Å²) < 4.78 is 15.9. The maximum Gasteiger partial charge on any atom is 0.221 e. The number of ether oxygens (including phenoxy) is 2. The van der Waals surface area contributed by atoms with E-state index in [1.54, 1.807) is 19.1 Å². The normalized spacial score (nSPS) is 15.0. The summed E-state index contributed by atoms with van der Waals surface area (Å²) in [5.74, 6) is 1.46. The number of carbonyl (C=O) groups excluding carboxylic acids is 1. The molecule has 1 amide bonds. The highest BCUT2D eigenvalue weighted by molar-refractivity contribution is 8.00. The second kappa shape index (κ2) is 10.4. The Morgan fingerprint density at radius 2 is 1.94 bits per heavy atom. The van der Waals surface area contributed by atoms with Crippen LogP contribution in [0, 0.1) is 5.92 Å². The number of aromatic nitrogens is 2. The van der Waals surface area contributed by atoms with Crippen molar-refractivity contribution in [3.8, 4) is 0 Å². The van der Waals surface area contributed by atoms with Crippen molar-refractivity contribution in [1.82, 2.24) is 9.55 Å². The molecule has 2 aromatic carbocycles. The van der Waals surface area contributed by atoms with Gasteiger partial charge in [0.15, 0.2) is 0 Å². The largest absolute Gasteiger partial charge is 0.381 e. The van der Waals surface area contributed by atoms with E-state index >= 15 is 0 Å². The molecule has 0 aliphatic carbocycles. The van der Waals surface area contributed by atoms with Crippen LogP contribution >= 0.6 is 11.9 Å². The Balaban J connectivity index is 1.59. The molecule has 0 radical (unpaired) electrons. The van der Waals surface area contributed by atoms with Crippen LogP contribution in [0.4, 0.5) is 11.4 Å². The molecule has 1 aromatic heterocycles. The van der Waals surface area contributed by atoms with E-state index in [0.717, 1.165) is 65.7 Å². The molecule has 0 unspecified atom stereocenters. The maximum absolute atomic E-state index is 11.2. The Hall–Kier alpha value is -2.55. The standard InChI is InChI=1S/C26H34N4O3S/c1-18(31)27-20-6-9-22(10-7-20)34-29(4)21-8-11-24-23(16-21)28-25(26(2,3)32-5)30(24)17-19-12-14-33-15-13-19/h6-11,16,19H,12-15,17H2,1-5H3,(H,27,31). The minimum absolute atomic E-state index is 0.0712. The third kappa shape index (κ3) is 5.56. The Kier molecular flexibility index (Phi) is 7.50. The molecule has 2 heterocycles. The van der Waals surface area contributed by atoms with E-state index in [0.29, 0.717) is 5.92 Å². The fourth-order valence-electron chi connectivity index (χ4n) is 4.25. The number of methoxy groups -OCH3 is 1. The Bertz CT molecular complexity index is 1140. The Labute approximate surface area is 206 Å². The van der Waals surface area contributed by atoms with Crippen LogP contribution in [0.15, 0.2) is 47.4 Å². The number of hydrogen-bond acceptors (Lipinski definition) is 6. The third-order valence-corrected chi connectivity index (χ3v) is 7.31. The van der Waals surface area contributed by atoms with Gasteiger partial charge in [0, 0.05) is 57.1 Å². The lowest BCUT2D eigenvalue weighted by Crippen LogP contribution is -2.28.